The topological polar surface area (TPSA) is 128 Å². The molecule has 2 aliphatic rings. The van der Waals surface area contributed by atoms with E-state index in [9.17, 15) is 36.0 Å². The molecule has 2 aromatic rings. The highest BCUT2D eigenvalue weighted by molar-refractivity contribution is 8.00. The Morgan fingerprint density at radius 1 is 1.18 bits per heavy atom. The summed E-state index contributed by atoms with van der Waals surface area (Å²) in [6.45, 7) is -0.341. The molecule has 4 rings (SSSR count). The number of amides is 2. The van der Waals surface area contributed by atoms with Crippen LogP contribution in [0.15, 0.2) is 53.2 Å². The molecular weight excluding hydrogens is 573 g/mol. The van der Waals surface area contributed by atoms with Crippen LogP contribution in [0, 0.1) is 0 Å². The number of thiophene rings is 1. The summed E-state index contributed by atoms with van der Waals surface area (Å²) in [4.78, 5) is 39.8. The van der Waals surface area contributed by atoms with Gasteiger partial charge in [-0.15, -0.1) is 23.1 Å². The normalized spacial score (nSPS) is 19.4. The second kappa shape index (κ2) is 10.9. The highest BCUT2D eigenvalue weighted by Crippen LogP contribution is 2.42. The third kappa shape index (κ3) is 5.76. The van der Waals surface area contributed by atoms with Gasteiger partial charge < -0.3 is 19.0 Å². The maximum absolute atomic E-state index is 13.0. The van der Waals surface area contributed by atoms with Crippen molar-refractivity contribution in [1.29, 1.82) is 0 Å². The van der Waals surface area contributed by atoms with Crippen molar-refractivity contribution in [2.45, 2.75) is 30.0 Å². The van der Waals surface area contributed by atoms with Gasteiger partial charge in [0, 0.05) is 4.88 Å². The van der Waals surface area contributed by atoms with Gasteiger partial charge in [0.2, 0.25) is 5.91 Å². The molecule has 2 amide bonds. The lowest BCUT2D eigenvalue weighted by Crippen LogP contribution is -2.70. The molecule has 204 valence electrons. The Balaban J connectivity index is 1.55. The van der Waals surface area contributed by atoms with Crippen molar-refractivity contribution >= 4 is 51.0 Å². The van der Waals surface area contributed by atoms with Crippen LogP contribution >= 0.6 is 23.1 Å². The number of ether oxygens (including phenoxy) is 2. The molecule has 0 bridgehead atoms. The van der Waals surface area contributed by atoms with Gasteiger partial charge in [-0.2, -0.15) is 21.6 Å². The monoisotopic (exact) mass is 592 g/mol. The van der Waals surface area contributed by atoms with E-state index in [1.807, 2.05) is 0 Å². The summed E-state index contributed by atoms with van der Waals surface area (Å²) < 4.78 is 76.7. The van der Waals surface area contributed by atoms with E-state index in [2.05, 4.69) is 9.50 Å². The molecule has 1 aromatic carbocycles. The summed E-state index contributed by atoms with van der Waals surface area (Å²) in [6, 6.07) is 8.71. The maximum Gasteiger partial charge on any atom is 0.534 e. The van der Waals surface area contributed by atoms with Crippen molar-refractivity contribution in [2.75, 3.05) is 12.9 Å². The molecule has 0 saturated carbocycles. The lowest BCUT2D eigenvalue weighted by Gasteiger charge is -2.49. The number of thioether (sulfide) groups is 1. The van der Waals surface area contributed by atoms with Crippen LogP contribution in [0.5, 0.6) is 5.75 Å². The smallest absolute Gasteiger partial charge is 0.497 e. The number of benzene rings is 1. The number of rotatable bonds is 9. The van der Waals surface area contributed by atoms with Crippen LogP contribution in [-0.4, -0.2) is 60.9 Å². The zero-order valence-electron chi connectivity index (χ0n) is 19.4. The number of esters is 1. The first kappa shape index (κ1) is 27.8. The lowest BCUT2D eigenvalue weighted by atomic mass is 10.0. The predicted molar refractivity (Wildman–Crippen MR) is 129 cm³/mol. The molecule has 1 N–H and O–H groups in total. The average molecular weight is 593 g/mol. The Labute approximate surface area is 222 Å². The minimum absolute atomic E-state index is 0.00359. The Morgan fingerprint density at radius 3 is 2.50 bits per heavy atom. The maximum atomic E-state index is 13.0. The van der Waals surface area contributed by atoms with Crippen molar-refractivity contribution in [3.8, 4) is 5.75 Å². The largest absolute Gasteiger partial charge is 0.534 e. The van der Waals surface area contributed by atoms with E-state index >= 15 is 0 Å². The van der Waals surface area contributed by atoms with Crippen molar-refractivity contribution in [3.05, 3.63) is 63.7 Å². The summed E-state index contributed by atoms with van der Waals surface area (Å²) in [5, 5.41) is 3.44. The minimum Gasteiger partial charge on any atom is -0.497 e. The Morgan fingerprint density at radius 2 is 1.89 bits per heavy atom. The molecule has 16 heteroatoms. The number of fused-ring (bicyclic) bond motifs is 1. The zero-order chi connectivity index (χ0) is 27.7. The molecule has 1 saturated heterocycles. The van der Waals surface area contributed by atoms with E-state index in [0.717, 1.165) is 21.5 Å². The molecular formula is C22H19F3N2O8S3. The third-order valence-electron chi connectivity index (χ3n) is 5.38. The van der Waals surface area contributed by atoms with Crippen LogP contribution in [0.1, 0.15) is 10.4 Å². The van der Waals surface area contributed by atoms with Crippen LogP contribution in [0.2, 0.25) is 0 Å². The summed E-state index contributed by atoms with van der Waals surface area (Å²) >= 11 is 2.17. The zero-order valence-corrected chi connectivity index (χ0v) is 21.8. The van der Waals surface area contributed by atoms with Gasteiger partial charge in [0.1, 0.15) is 23.8 Å². The third-order valence-corrected chi connectivity index (χ3v) is 8.50. The average Bonchev–Trinajstić information content (AvgIpc) is 3.38. The first-order chi connectivity index (χ1) is 17.9. The second-order valence-electron chi connectivity index (χ2n) is 7.89. The second-order valence-corrected chi connectivity index (χ2v) is 11.6. The molecule has 0 spiro atoms. The molecule has 1 fully saturated rings. The fourth-order valence-corrected chi connectivity index (χ4v) is 6.09. The molecule has 0 aliphatic carbocycles. The van der Waals surface area contributed by atoms with Crippen LogP contribution in [-0.2, 0) is 46.4 Å². The van der Waals surface area contributed by atoms with Crippen LogP contribution in [0.4, 0.5) is 13.2 Å². The summed E-state index contributed by atoms with van der Waals surface area (Å²) in [5.41, 5.74) is -6.05. The van der Waals surface area contributed by atoms with E-state index in [4.69, 9.17) is 9.47 Å². The number of hydrogen-bond donors (Lipinski definition) is 1. The summed E-state index contributed by atoms with van der Waals surface area (Å²) in [6.07, 6.45) is 0.00359. The highest BCUT2D eigenvalue weighted by Gasteiger charge is 2.57. The van der Waals surface area contributed by atoms with Crippen LogP contribution < -0.4 is 10.1 Å². The Bertz CT molecular complexity index is 1360. The molecule has 2 atom stereocenters. The van der Waals surface area contributed by atoms with Gasteiger partial charge in [0.05, 0.1) is 19.3 Å². The van der Waals surface area contributed by atoms with Gasteiger partial charge in [-0.1, -0.05) is 18.2 Å². The van der Waals surface area contributed by atoms with Gasteiger partial charge >= 0.3 is 21.6 Å². The number of carbonyl (C=O) groups excluding carboxylic acids is 3. The first-order valence-corrected chi connectivity index (χ1v) is 14.1. The molecule has 2 aliphatic heterocycles. The number of nitrogens with one attached hydrogen (secondary N) is 1. The molecule has 10 nitrogen and oxygen atoms in total. The number of alkyl halides is 3. The fraction of sp³-hybridized carbons (Fsp3) is 0.318. The van der Waals surface area contributed by atoms with Gasteiger partial charge in [-0.3, -0.25) is 14.5 Å². The Hall–Kier alpha value is -3.24. The van der Waals surface area contributed by atoms with Crippen LogP contribution in [0.25, 0.3) is 0 Å². The number of carbonyl (C=O) groups is 3. The van der Waals surface area contributed by atoms with E-state index in [1.54, 1.807) is 41.8 Å². The molecule has 0 radical (unpaired) electrons. The van der Waals surface area contributed by atoms with E-state index in [0.29, 0.717) is 11.3 Å². The van der Waals surface area contributed by atoms with Crippen molar-refractivity contribution < 1.29 is 49.6 Å². The van der Waals surface area contributed by atoms with Gasteiger partial charge in [0.25, 0.3) is 5.91 Å². The molecule has 38 heavy (non-hydrogen) atoms. The SMILES string of the molecule is COc1ccc(COC(=O)C2=C(OS(=O)(=O)C(F)(F)F)CS[C@@H]3[C@H](NC(=O)Cc4cccs4)C(=O)N23)cc1. The Kier molecular flexibility index (Phi) is 7.94. The summed E-state index contributed by atoms with van der Waals surface area (Å²) in [7, 11) is -4.68. The number of halogens is 3. The minimum atomic E-state index is -6.13. The summed E-state index contributed by atoms with van der Waals surface area (Å²) in [5.74, 6) is -3.45. The number of nitrogens with zero attached hydrogens (tertiary/aromatic N) is 1. The van der Waals surface area contributed by atoms with E-state index < -0.39 is 62.0 Å². The fourth-order valence-electron chi connectivity index (χ4n) is 3.56. The number of hydrogen-bond acceptors (Lipinski definition) is 10. The van der Waals surface area contributed by atoms with Crippen molar-refractivity contribution in [2.24, 2.45) is 0 Å². The quantitative estimate of drug-likeness (QED) is 0.202. The van der Waals surface area contributed by atoms with Gasteiger partial charge in [0.15, 0.2) is 11.5 Å². The van der Waals surface area contributed by atoms with Gasteiger partial charge in [-0.25, -0.2) is 4.79 Å². The lowest BCUT2D eigenvalue weighted by molar-refractivity contribution is -0.153. The van der Waals surface area contributed by atoms with Gasteiger partial charge in [-0.05, 0) is 29.1 Å². The van der Waals surface area contributed by atoms with Crippen molar-refractivity contribution in [3.63, 3.8) is 0 Å². The van der Waals surface area contributed by atoms with Crippen molar-refractivity contribution in [1.82, 2.24) is 10.2 Å². The molecule has 0 unspecified atom stereocenters. The standard InChI is InChI=1S/C22H19F3N2O8S3/c1-33-13-6-4-12(5-7-13)10-34-21(30)18-15(35-38(31,32)22(23,24)25)11-37-20-17(19(29)27(18)20)26-16(28)9-14-3-2-8-36-14/h2-8,17,20H,9-11H2,1H3,(H,26,28)/t17-,20-/m1/s1. The first-order valence-electron chi connectivity index (χ1n) is 10.7. The molecule has 1 aromatic heterocycles. The highest BCUT2D eigenvalue weighted by atomic mass is 32.2. The predicted octanol–water partition coefficient (Wildman–Crippen LogP) is 2.52. The number of methoxy groups -OCH3 is 1. The molecule has 3 heterocycles. The van der Waals surface area contributed by atoms with Crippen LogP contribution in [0.3, 0.4) is 0 Å². The number of β-lactam (4-membered cyclic amide) rings is 1. The van der Waals surface area contributed by atoms with E-state index in [-0.39, 0.29) is 13.0 Å². The van der Waals surface area contributed by atoms with E-state index in [1.165, 1.54) is 18.4 Å².